The average Bonchev–Trinajstić information content (AvgIpc) is 3.17. The molecule has 2 aromatic rings. The summed E-state index contributed by atoms with van der Waals surface area (Å²) in [5.74, 6) is 0.946. The summed E-state index contributed by atoms with van der Waals surface area (Å²) in [7, 11) is 1.74. The lowest BCUT2D eigenvalue weighted by Gasteiger charge is -2.34. The molecule has 2 aliphatic heterocycles. The third-order valence-electron chi connectivity index (χ3n) is 6.40. The number of H-pyrrole nitrogens is 1. The monoisotopic (exact) mass is 399 g/mol. The van der Waals surface area contributed by atoms with Gasteiger partial charge in [-0.1, -0.05) is 0 Å². The number of rotatable bonds is 5. The fraction of sp³-hybridized carbons (Fsp3) is 0.609. The molecule has 2 fully saturated rings. The molecule has 0 spiro atoms. The van der Waals surface area contributed by atoms with E-state index < -0.39 is 0 Å². The molecule has 29 heavy (non-hydrogen) atoms. The van der Waals surface area contributed by atoms with Crippen LogP contribution in [0.15, 0.2) is 24.3 Å². The second kappa shape index (κ2) is 8.76. The number of methoxy groups -OCH3 is 1. The predicted octanol–water partition coefficient (Wildman–Crippen LogP) is 3.67. The van der Waals surface area contributed by atoms with Gasteiger partial charge < -0.3 is 24.3 Å². The van der Waals surface area contributed by atoms with Crippen molar-refractivity contribution in [1.29, 1.82) is 0 Å². The van der Waals surface area contributed by atoms with E-state index in [0.717, 1.165) is 68.5 Å². The van der Waals surface area contributed by atoms with Crippen LogP contribution in [0, 0.1) is 0 Å². The van der Waals surface area contributed by atoms with E-state index in [0.29, 0.717) is 11.7 Å². The Morgan fingerprint density at radius 2 is 1.72 bits per heavy atom. The van der Waals surface area contributed by atoms with Gasteiger partial charge in [0, 0.05) is 56.3 Å². The van der Waals surface area contributed by atoms with Gasteiger partial charge >= 0.3 is 0 Å². The largest absolute Gasteiger partial charge is 0.490 e. The van der Waals surface area contributed by atoms with Gasteiger partial charge in [0.2, 0.25) is 0 Å². The van der Waals surface area contributed by atoms with Crippen LogP contribution in [-0.2, 0) is 4.74 Å². The molecule has 6 nitrogen and oxygen atoms in total. The summed E-state index contributed by atoms with van der Waals surface area (Å²) in [5, 5.41) is 1.04. The maximum atomic E-state index is 12.9. The van der Waals surface area contributed by atoms with Crippen molar-refractivity contribution < 1.29 is 14.3 Å². The van der Waals surface area contributed by atoms with Crippen molar-refractivity contribution >= 4 is 16.8 Å². The van der Waals surface area contributed by atoms with Gasteiger partial charge in [0.25, 0.3) is 5.91 Å². The average molecular weight is 400 g/mol. The summed E-state index contributed by atoms with van der Waals surface area (Å²) >= 11 is 0. The van der Waals surface area contributed by atoms with Crippen molar-refractivity contribution in [2.75, 3.05) is 33.3 Å². The van der Waals surface area contributed by atoms with Crippen molar-refractivity contribution in [2.24, 2.45) is 0 Å². The number of hydrogen-bond acceptors (Lipinski definition) is 4. The summed E-state index contributed by atoms with van der Waals surface area (Å²) in [6.07, 6.45) is 4.45. The highest BCUT2D eigenvalue weighted by Gasteiger charge is 2.25. The summed E-state index contributed by atoms with van der Waals surface area (Å²) in [6.45, 7) is 8.17. The van der Waals surface area contributed by atoms with Gasteiger partial charge in [-0.25, -0.2) is 0 Å². The molecular weight excluding hydrogens is 366 g/mol. The first-order chi connectivity index (χ1) is 14.0. The first-order valence-electron chi connectivity index (χ1n) is 10.9. The second-order valence-electron chi connectivity index (χ2n) is 8.61. The number of benzene rings is 1. The van der Waals surface area contributed by atoms with E-state index >= 15 is 0 Å². The zero-order valence-electron chi connectivity index (χ0n) is 17.8. The van der Waals surface area contributed by atoms with Crippen molar-refractivity contribution in [3.8, 4) is 5.75 Å². The van der Waals surface area contributed by atoms with E-state index in [2.05, 4.69) is 23.7 Å². The molecule has 0 aliphatic carbocycles. The Morgan fingerprint density at radius 1 is 1.03 bits per heavy atom. The Morgan fingerprint density at radius 3 is 2.38 bits per heavy atom. The van der Waals surface area contributed by atoms with Crippen LogP contribution >= 0.6 is 0 Å². The number of nitrogens with one attached hydrogen (secondary N) is 1. The molecular formula is C23H33N3O3. The highest BCUT2D eigenvalue weighted by molar-refractivity contribution is 5.98. The minimum atomic E-state index is 0.0688. The lowest BCUT2D eigenvalue weighted by molar-refractivity contribution is 0.0348. The maximum Gasteiger partial charge on any atom is 0.270 e. The van der Waals surface area contributed by atoms with Crippen LogP contribution in [0.25, 0.3) is 10.9 Å². The minimum Gasteiger partial charge on any atom is -0.490 e. The zero-order valence-corrected chi connectivity index (χ0v) is 17.8. The molecule has 4 rings (SSSR count). The Bertz CT molecular complexity index is 831. The molecule has 1 aromatic heterocycles. The molecule has 3 heterocycles. The molecule has 0 unspecified atom stereocenters. The van der Waals surface area contributed by atoms with E-state index in [1.165, 1.54) is 0 Å². The van der Waals surface area contributed by atoms with Gasteiger partial charge in [-0.2, -0.15) is 0 Å². The summed E-state index contributed by atoms with van der Waals surface area (Å²) < 4.78 is 11.6. The first-order valence-corrected chi connectivity index (χ1v) is 10.9. The van der Waals surface area contributed by atoms with E-state index in [1.807, 2.05) is 29.2 Å². The van der Waals surface area contributed by atoms with Gasteiger partial charge in [-0.15, -0.1) is 0 Å². The number of carbonyl (C=O) groups excluding carboxylic acids is 1. The molecule has 1 aromatic carbocycles. The fourth-order valence-electron chi connectivity index (χ4n) is 4.46. The number of carbonyl (C=O) groups is 1. The van der Waals surface area contributed by atoms with Gasteiger partial charge in [-0.05, 0) is 57.7 Å². The number of hydrogen-bond donors (Lipinski definition) is 1. The molecule has 158 valence electrons. The third kappa shape index (κ3) is 4.59. The summed E-state index contributed by atoms with van der Waals surface area (Å²) in [4.78, 5) is 20.6. The van der Waals surface area contributed by atoms with Gasteiger partial charge in [0.15, 0.2) is 0 Å². The van der Waals surface area contributed by atoms with Crippen molar-refractivity contribution in [3.63, 3.8) is 0 Å². The molecule has 0 saturated carbocycles. The third-order valence-corrected chi connectivity index (χ3v) is 6.40. The number of aromatic amines is 1. The second-order valence-corrected chi connectivity index (χ2v) is 8.61. The summed E-state index contributed by atoms with van der Waals surface area (Å²) in [5.41, 5.74) is 1.61. The molecule has 0 atom stereocenters. The molecule has 0 radical (unpaired) electrons. The smallest absolute Gasteiger partial charge is 0.270 e. The van der Waals surface area contributed by atoms with Gasteiger partial charge in [0.1, 0.15) is 17.5 Å². The van der Waals surface area contributed by atoms with Crippen LogP contribution in [0.4, 0.5) is 0 Å². The van der Waals surface area contributed by atoms with Crippen LogP contribution < -0.4 is 4.74 Å². The minimum absolute atomic E-state index is 0.0688. The number of likely N-dealkylation sites (tertiary alicyclic amines) is 2. The van der Waals surface area contributed by atoms with Crippen LogP contribution in [-0.4, -0.2) is 72.2 Å². The van der Waals surface area contributed by atoms with Crippen LogP contribution in [0.3, 0.4) is 0 Å². The maximum absolute atomic E-state index is 12.9. The Hall–Kier alpha value is -2.05. The van der Waals surface area contributed by atoms with Crippen LogP contribution in [0.5, 0.6) is 5.75 Å². The lowest BCUT2D eigenvalue weighted by atomic mass is 10.1. The number of piperidine rings is 2. The van der Waals surface area contributed by atoms with Crippen molar-refractivity contribution in [2.45, 2.75) is 57.8 Å². The van der Waals surface area contributed by atoms with E-state index in [1.54, 1.807) is 7.11 Å². The zero-order chi connectivity index (χ0) is 20.4. The van der Waals surface area contributed by atoms with Gasteiger partial charge in [-0.3, -0.25) is 4.79 Å². The Balaban J connectivity index is 1.40. The van der Waals surface area contributed by atoms with E-state index in [-0.39, 0.29) is 18.1 Å². The summed E-state index contributed by atoms with van der Waals surface area (Å²) in [6, 6.07) is 8.63. The molecule has 2 saturated heterocycles. The molecule has 6 heteroatoms. The highest BCUT2D eigenvalue weighted by Crippen LogP contribution is 2.26. The van der Waals surface area contributed by atoms with E-state index in [9.17, 15) is 4.79 Å². The predicted molar refractivity (Wildman–Crippen MR) is 115 cm³/mol. The number of amides is 1. The van der Waals surface area contributed by atoms with Crippen LogP contribution in [0.2, 0.25) is 0 Å². The molecule has 0 bridgehead atoms. The Labute approximate surface area is 173 Å². The number of ether oxygens (including phenoxy) is 2. The van der Waals surface area contributed by atoms with Crippen molar-refractivity contribution in [1.82, 2.24) is 14.8 Å². The normalized spacial score (nSPS) is 19.9. The molecule has 1 N–H and O–H groups in total. The molecule has 2 aliphatic rings. The Kier molecular flexibility index (Phi) is 6.11. The quantitative estimate of drug-likeness (QED) is 0.833. The topological polar surface area (TPSA) is 57.8 Å². The number of nitrogens with zero attached hydrogens (tertiary/aromatic N) is 2. The standard InChI is InChI=1S/C23H33N3O3/c1-16(2)25-10-8-19(9-11-25)29-20-5-4-17-14-22(24-21(17)15-20)23(27)26-12-6-18(28-3)7-13-26/h4-5,14-16,18-19,24H,6-13H2,1-3H3. The van der Waals surface area contributed by atoms with Crippen LogP contribution in [0.1, 0.15) is 50.0 Å². The van der Waals surface area contributed by atoms with E-state index in [4.69, 9.17) is 9.47 Å². The first kappa shape index (κ1) is 20.2. The lowest BCUT2D eigenvalue weighted by Crippen LogP contribution is -2.41. The SMILES string of the molecule is COC1CCN(C(=O)c2cc3ccc(OC4CCN(C(C)C)CC4)cc3[nH]2)CC1. The van der Waals surface area contributed by atoms with Crippen molar-refractivity contribution in [3.05, 3.63) is 30.0 Å². The fourth-order valence-corrected chi connectivity index (χ4v) is 4.46. The molecule has 1 amide bonds. The highest BCUT2D eigenvalue weighted by atomic mass is 16.5. The van der Waals surface area contributed by atoms with Gasteiger partial charge in [0.05, 0.1) is 6.10 Å². The number of fused-ring (bicyclic) bond motifs is 1. The number of aromatic nitrogens is 1.